The number of rotatable bonds is 4. The number of halogens is 6. The van der Waals surface area contributed by atoms with E-state index < -0.39 is 40.6 Å². The van der Waals surface area contributed by atoms with Crippen LogP contribution in [0, 0.1) is 11.6 Å². The monoisotopic (exact) mass is 379 g/mol. The van der Waals surface area contributed by atoms with Crippen LogP contribution in [0.5, 0.6) is 0 Å². The van der Waals surface area contributed by atoms with Crippen LogP contribution in [0.2, 0.25) is 10.0 Å². The number of hydrogen-bond acceptors (Lipinski definition) is 1. The molecule has 1 N–H and O–H groups in total. The zero-order chi connectivity index (χ0) is 18.1. The van der Waals surface area contributed by atoms with Crippen LogP contribution in [0.25, 0.3) is 0 Å². The van der Waals surface area contributed by atoms with Gasteiger partial charge in [0.2, 0.25) is 0 Å². The van der Waals surface area contributed by atoms with Gasteiger partial charge in [-0.15, -0.1) is 0 Å². The molecule has 0 fully saturated rings. The van der Waals surface area contributed by atoms with Gasteiger partial charge in [-0.05, 0) is 37.3 Å². The van der Waals surface area contributed by atoms with Crippen molar-refractivity contribution < 1.29 is 22.4 Å². The van der Waals surface area contributed by atoms with E-state index in [0.29, 0.717) is 0 Å². The molecule has 2 aromatic rings. The predicted molar refractivity (Wildman–Crippen MR) is 83.6 cm³/mol. The van der Waals surface area contributed by atoms with Crippen LogP contribution in [0.15, 0.2) is 36.4 Å². The summed E-state index contributed by atoms with van der Waals surface area (Å²) in [6.45, 7) is 1.00. The van der Waals surface area contributed by atoms with Gasteiger partial charge in [-0.3, -0.25) is 4.79 Å². The van der Waals surface area contributed by atoms with Gasteiger partial charge in [0.1, 0.15) is 17.2 Å². The standard InChI is InChI=1S/C16H11Cl2F4NO/c1-8(16(21,22)10-6-5-9(17)7-11(10)18)23-15(24)14-12(19)3-2-4-13(14)20/h2-8H,1H3,(H,23,24)/t8-/m0/s1. The zero-order valence-electron chi connectivity index (χ0n) is 12.2. The summed E-state index contributed by atoms with van der Waals surface area (Å²) in [4.78, 5) is 11.9. The SMILES string of the molecule is C[C@H](NC(=O)c1c(F)cccc1F)C(F)(F)c1ccc(Cl)cc1Cl. The molecule has 128 valence electrons. The molecule has 0 unspecified atom stereocenters. The first-order valence-corrected chi connectivity index (χ1v) is 7.48. The molecule has 0 saturated heterocycles. The van der Waals surface area contributed by atoms with Crippen LogP contribution >= 0.6 is 23.2 Å². The molecule has 0 radical (unpaired) electrons. The van der Waals surface area contributed by atoms with E-state index in [4.69, 9.17) is 23.2 Å². The summed E-state index contributed by atoms with van der Waals surface area (Å²) < 4.78 is 56.1. The van der Waals surface area contributed by atoms with Crippen molar-refractivity contribution in [2.75, 3.05) is 0 Å². The fourth-order valence-electron chi connectivity index (χ4n) is 2.07. The van der Waals surface area contributed by atoms with Crippen LogP contribution in [0.4, 0.5) is 17.6 Å². The topological polar surface area (TPSA) is 29.1 Å². The summed E-state index contributed by atoms with van der Waals surface area (Å²) in [7, 11) is 0. The highest BCUT2D eigenvalue weighted by Gasteiger charge is 2.41. The highest BCUT2D eigenvalue weighted by molar-refractivity contribution is 6.35. The van der Waals surface area contributed by atoms with Crippen molar-refractivity contribution in [1.82, 2.24) is 5.32 Å². The van der Waals surface area contributed by atoms with Crippen molar-refractivity contribution in [2.24, 2.45) is 0 Å². The van der Waals surface area contributed by atoms with Gasteiger partial charge in [0.15, 0.2) is 0 Å². The highest BCUT2D eigenvalue weighted by atomic mass is 35.5. The number of amides is 1. The molecule has 0 aliphatic heterocycles. The van der Waals surface area contributed by atoms with Gasteiger partial charge in [-0.25, -0.2) is 8.78 Å². The first-order chi connectivity index (χ1) is 11.1. The lowest BCUT2D eigenvalue weighted by Crippen LogP contribution is -2.44. The summed E-state index contributed by atoms with van der Waals surface area (Å²) in [5, 5.41) is 1.78. The first-order valence-electron chi connectivity index (χ1n) is 6.72. The molecule has 24 heavy (non-hydrogen) atoms. The summed E-state index contributed by atoms with van der Waals surface area (Å²) in [6, 6.07) is 4.39. The predicted octanol–water partition coefficient (Wildman–Crippen LogP) is 5.18. The maximum absolute atomic E-state index is 14.5. The third-order valence-corrected chi connectivity index (χ3v) is 3.92. The molecule has 2 rings (SSSR count). The second-order valence-electron chi connectivity index (χ2n) is 5.04. The quantitative estimate of drug-likeness (QED) is 0.728. The maximum Gasteiger partial charge on any atom is 0.294 e. The van der Waals surface area contributed by atoms with E-state index in [9.17, 15) is 22.4 Å². The van der Waals surface area contributed by atoms with E-state index in [1.165, 1.54) is 6.07 Å². The Morgan fingerprint density at radius 2 is 1.71 bits per heavy atom. The lowest BCUT2D eigenvalue weighted by atomic mass is 10.0. The second kappa shape index (κ2) is 6.99. The van der Waals surface area contributed by atoms with Gasteiger partial charge in [0.25, 0.3) is 11.8 Å². The molecule has 1 amide bonds. The smallest absolute Gasteiger partial charge is 0.294 e. The van der Waals surface area contributed by atoms with Crippen molar-refractivity contribution in [3.8, 4) is 0 Å². The second-order valence-corrected chi connectivity index (χ2v) is 5.88. The van der Waals surface area contributed by atoms with Crippen molar-refractivity contribution in [3.05, 3.63) is 69.2 Å². The molecule has 0 bridgehead atoms. The molecular formula is C16H11Cl2F4NO. The Hall–Kier alpha value is -1.79. The fourth-order valence-corrected chi connectivity index (χ4v) is 2.60. The van der Waals surface area contributed by atoms with Gasteiger partial charge in [0, 0.05) is 10.6 Å². The Balaban J connectivity index is 2.27. The van der Waals surface area contributed by atoms with E-state index in [0.717, 1.165) is 37.3 Å². The minimum atomic E-state index is -3.58. The Morgan fingerprint density at radius 1 is 1.12 bits per heavy atom. The van der Waals surface area contributed by atoms with Gasteiger partial charge < -0.3 is 5.32 Å². The molecule has 0 aromatic heterocycles. The van der Waals surface area contributed by atoms with Crippen molar-refractivity contribution >= 4 is 29.1 Å². The molecule has 2 aromatic carbocycles. The van der Waals surface area contributed by atoms with E-state index in [1.54, 1.807) is 0 Å². The fraction of sp³-hybridized carbons (Fsp3) is 0.188. The average Bonchev–Trinajstić information content (AvgIpc) is 2.46. The van der Waals surface area contributed by atoms with Crippen LogP contribution < -0.4 is 5.32 Å². The van der Waals surface area contributed by atoms with E-state index in [-0.39, 0.29) is 10.0 Å². The number of alkyl halides is 2. The van der Waals surface area contributed by atoms with Crippen molar-refractivity contribution in [1.29, 1.82) is 0 Å². The van der Waals surface area contributed by atoms with E-state index in [1.807, 2.05) is 5.32 Å². The molecule has 0 aliphatic rings. The molecule has 2 nitrogen and oxygen atoms in total. The maximum atomic E-state index is 14.5. The zero-order valence-corrected chi connectivity index (χ0v) is 13.7. The lowest BCUT2D eigenvalue weighted by molar-refractivity contribution is -0.0356. The molecular weight excluding hydrogens is 369 g/mol. The molecule has 1 atom stereocenters. The normalized spacial score (nSPS) is 12.8. The van der Waals surface area contributed by atoms with Gasteiger partial charge >= 0.3 is 0 Å². The Bertz CT molecular complexity index is 762. The Labute approximate surface area is 145 Å². The minimum Gasteiger partial charge on any atom is -0.343 e. The van der Waals surface area contributed by atoms with Crippen LogP contribution in [-0.4, -0.2) is 11.9 Å². The van der Waals surface area contributed by atoms with Crippen LogP contribution in [-0.2, 0) is 5.92 Å². The Kier molecular flexibility index (Phi) is 5.40. The first kappa shape index (κ1) is 18.5. The number of nitrogens with one attached hydrogen (secondary N) is 1. The third kappa shape index (κ3) is 3.65. The molecule has 0 spiro atoms. The third-order valence-electron chi connectivity index (χ3n) is 3.37. The van der Waals surface area contributed by atoms with Gasteiger partial charge in [-0.1, -0.05) is 29.3 Å². The number of hydrogen-bond donors (Lipinski definition) is 1. The summed E-state index contributed by atoms with van der Waals surface area (Å²) >= 11 is 11.4. The molecule has 0 saturated carbocycles. The number of benzene rings is 2. The number of carbonyl (C=O) groups excluding carboxylic acids is 1. The van der Waals surface area contributed by atoms with Gasteiger partial charge in [0.05, 0.1) is 11.1 Å². The van der Waals surface area contributed by atoms with Gasteiger partial charge in [-0.2, -0.15) is 8.78 Å². The minimum absolute atomic E-state index is 0.171. The van der Waals surface area contributed by atoms with E-state index >= 15 is 0 Å². The molecule has 0 aliphatic carbocycles. The Morgan fingerprint density at radius 3 is 2.25 bits per heavy atom. The van der Waals surface area contributed by atoms with Crippen LogP contribution in [0.3, 0.4) is 0 Å². The summed E-state index contributed by atoms with van der Waals surface area (Å²) in [6.07, 6.45) is 0. The lowest BCUT2D eigenvalue weighted by Gasteiger charge is -2.26. The molecule has 0 heterocycles. The average molecular weight is 380 g/mol. The van der Waals surface area contributed by atoms with E-state index in [2.05, 4.69) is 0 Å². The van der Waals surface area contributed by atoms with Crippen LogP contribution in [0.1, 0.15) is 22.8 Å². The largest absolute Gasteiger partial charge is 0.343 e. The summed E-state index contributed by atoms with van der Waals surface area (Å²) in [5.41, 5.74) is -1.49. The highest BCUT2D eigenvalue weighted by Crippen LogP contribution is 2.37. The number of carbonyl (C=O) groups is 1. The summed E-state index contributed by atoms with van der Waals surface area (Å²) in [5.74, 6) is -7.16. The van der Waals surface area contributed by atoms with Crippen molar-refractivity contribution in [2.45, 2.75) is 18.9 Å². The van der Waals surface area contributed by atoms with Crippen molar-refractivity contribution in [3.63, 3.8) is 0 Å². The molecule has 8 heteroatoms.